The molecule has 18 heavy (non-hydrogen) atoms. The van der Waals surface area contributed by atoms with E-state index in [1.54, 1.807) is 6.26 Å². The molecule has 0 amide bonds. The van der Waals surface area contributed by atoms with Gasteiger partial charge in [-0.2, -0.15) is 0 Å². The van der Waals surface area contributed by atoms with Gasteiger partial charge in [-0.05, 0) is 51.5 Å². The maximum absolute atomic E-state index is 5.19. The van der Waals surface area contributed by atoms with Gasteiger partial charge in [0.1, 0.15) is 0 Å². The fourth-order valence-electron chi connectivity index (χ4n) is 3.03. The number of hydrogen-bond donors (Lipinski definition) is 1. The lowest BCUT2D eigenvalue weighted by molar-refractivity contribution is 0.0888. The molecule has 0 aliphatic carbocycles. The van der Waals surface area contributed by atoms with Crippen LogP contribution in [0.4, 0.5) is 0 Å². The first-order valence-corrected chi connectivity index (χ1v) is 7.02. The lowest BCUT2D eigenvalue weighted by Crippen LogP contribution is -2.59. The summed E-state index contributed by atoms with van der Waals surface area (Å²) < 4.78 is 5.19. The molecule has 0 aliphatic rings. The van der Waals surface area contributed by atoms with Crippen LogP contribution in [0.25, 0.3) is 0 Å². The van der Waals surface area contributed by atoms with Crippen LogP contribution in [-0.4, -0.2) is 37.1 Å². The zero-order valence-corrected chi connectivity index (χ0v) is 12.5. The maximum Gasteiger partial charge on any atom is 0.0935 e. The number of rotatable bonds is 8. The third-order valence-corrected chi connectivity index (χ3v) is 4.23. The van der Waals surface area contributed by atoms with E-state index in [-0.39, 0.29) is 5.54 Å². The molecular formula is C15H28N2O. The van der Waals surface area contributed by atoms with Gasteiger partial charge < -0.3 is 14.6 Å². The molecule has 1 aromatic heterocycles. The molecule has 0 aromatic carbocycles. The van der Waals surface area contributed by atoms with Crippen LogP contribution in [0.1, 0.15) is 39.2 Å². The van der Waals surface area contributed by atoms with E-state index < -0.39 is 0 Å². The van der Waals surface area contributed by atoms with Gasteiger partial charge in [-0.3, -0.25) is 0 Å². The van der Waals surface area contributed by atoms with Crippen molar-refractivity contribution in [2.24, 2.45) is 0 Å². The second-order valence-corrected chi connectivity index (χ2v) is 5.15. The van der Waals surface area contributed by atoms with E-state index in [9.17, 15) is 0 Å². The molecule has 3 nitrogen and oxygen atoms in total. The van der Waals surface area contributed by atoms with Gasteiger partial charge in [0.2, 0.25) is 0 Å². The van der Waals surface area contributed by atoms with Crippen LogP contribution in [0, 0.1) is 0 Å². The molecule has 0 spiro atoms. The number of likely N-dealkylation sites (N-methyl/N-ethyl adjacent to an activating group) is 2. The lowest BCUT2D eigenvalue weighted by Gasteiger charge is -2.45. The predicted molar refractivity (Wildman–Crippen MR) is 76.9 cm³/mol. The Balaban J connectivity index is 2.92. The molecule has 0 radical (unpaired) electrons. The van der Waals surface area contributed by atoms with Crippen LogP contribution in [0.5, 0.6) is 0 Å². The summed E-state index contributed by atoms with van der Waals surface area (Å²) in [7, 11) is 4.37. The standard InChI is InChI=1S/C15H28N2O/c1-6-15(7-2,17(4)5)14(16-8-3)11-13-9-10-18-12-13/h9-10,12,14,16H,6-8,11H2,1-5H3. The highest BCUT2D eigenvalue weighted by Gasteiger charge is 2.37. The molecule has 0 aliphatic heterocycles. The van der Waals surface area contributed by atoms with Gasteiger partial charge in [-0.1, -0.05) is 20.8 Å². The minimum absolute atomic E-state index is 0.202. The average molecular weight is 252 g/mol. The normalized spacial score (nSPS) is 14.1. The smallest absolute Gasteiger partial charge is 0.0935 e. The average Bonchev–Trinajstić information content (AvgIpc) is 2.84. The Bertz CT molecular complexity index is 315. The Morgan fingerprint density at radius 1 is 1.28 bits per heavy atom. The number of nitrogens with zero attached hydrogens (tertiary/aromatic N) is 1. The fourth-order valence-corrected chi connectivity index (χ4v) is 3.03. The van der Waals surface area contributed by atoms with Crippen molar-refractivity contribution < 1.29 is 4.42 Å². The summed E-state index contributed by atoms with van der Waals surface area (Å²) in [6, 6.07) is 2.51. The molecule has 1 unspecified atom stereocenters. The van der Waals surface area contributed by atoms with Crippen LogP contribution in [0.15, 0.2) is 23.0 Å². The summed E-state index contributed by atoms with van der Waals surface area (Å²) in [4.78, 5) is 2.38. The Morgan fingerprint density at radius 2 is 1.94 bits per heavy atom. The van der Waals surface area contributed by atoms with Crippen LogP contribution in [0.3, 0.4) is 0 Å². The van der Waals surface area contributed by atoms with Gasteiger partial charge >= 0.3 is 0 Å². The van der Waals surface area contributed by atoms with Gasteiger partial charge in [0.05, 0.1) is 12.5 Å². The first-order chi connectivity index (χ1) is 8.60. The largest absolute Gasteiger partial charge is 0.472 e. The third kappa shape index (κ3) is 3.15. The van der Waals surface area contributed by atoms with E-state index >= 15 is 0 Å². The van der Waals surface area contributed by atoms with Crippen molar-refractivity contribution in [3.05, 3.63) is 24.2 Å². The molecule has 3 heteroatoms. The molecule has 0 bridgehead atoms. The number of hydrogen-bond acceptors (Lipinski definition) is 3. The second-order valence-electron chi connectivity index (χ2n) is 5.15. The SMILES string of the molecule is CCNC(Cc1ccoc1)C(CC)(CC)N(C)C. The summed E-state index contributed by atoms with van der Waals surface area (Å²) in [6.45, 7) is 7.73. The molecule has 0 saturated heterocycles. The number of nitrogens with one attached hydrogen (secondary N) is 1. The predicted octanol–water partition coefficient (Wildman–Crippen LogP) is 2.92. The van der Waals surface area contributed by atoms with Gasteiger partial charge in [-0.15, -0.1) is 0 Å². The summed E-state index contributed by atoms with van der Waals surface area (Å²) in [5.74, 6) is 0. The zero-order chi connectivity index (χ0) is 13.6. The van der Waals surface area contributed by atoms with Crippen molar-refractivity contribution in [1.82, 2.24) is 10.2 Å². The summed E-state index contributed by atoms with van der Waals surface area (Å²) in [5, 5.41) is 3.66. The van der Waals surface area contributed by atoms with E-state index in [0.717, 1.165) is 25.8 Å². The van der Waals surface area contributed by atoms with Gasteiger partial charge in [0, 0.05) is 11.6 Å². The molecule has 0 fully saturated rings. The van der Waals surface area contributed by atoms with E-state index in [2.05, 4.69) is 51.1 Å². The van der Waals surface area contributed by atoms with E-state index in [0.29, 0.717) is 6.04 Å². The monoisotopic (exact) mass is 252 g/mol. The first kappa shape index (κ1) is 15.3. The van der Waals surface area contributed by atoms with Crippen molar-refractivity contribution in [2.45, 2.75) is 51.6 Å². The van der Waals surface area contributed by atoms with Gasteiger partial charge in [-0.25, -0.2) is 0 Å². The quantitative estimate of drug-likeness (QED) is 0.771. The Kier molecular flexibility index (Phi) is 5.89. The molecule has 1 N–H and O–H groups in total. The highest BCUT2D eigenvalue weighted by atomic mass is 16.3. The molecule has 104 valence electrons. The highest BCUT2D eigenvalue weighted by molar-refractivity contribution is 5.11. The first-order valence-electron chi connectivity index (χ1n) is 7.02. The molecule has 1 aromatic rings. The lowest BCUT2D eigenvalue weighted by atomic mass is 9.80. The highest BCUT2D eigenvalue weighted by Crippen LogP contribution is 2.28. The minimum Gasteiger partial charge on any atom is -0.472 e. The maximum atomic E-state index is 5.19. The Hall–Kier alpha value is -0.800. The van der Waals surface area contributed by atoms with Crippen molar-refractivity contribution >= 4 is 0 Å². The van der Waals surface area contributed by atoms with Crippen LogP contribution >= 0.6 is 0 Å². The summed E-state index contributed by atoms with van der Waals surface area (Å²) in [5.41, 5.74) is 1.47. The zero-order valence-electron chi connectivity index (χ0n) is 12.5. The molecule has 0 saturated carbocycles. The Morgan fingerprint density at radius 3 is 2.33 bits per heavy atom. The second kappa shape index (κ2) is 6.95. The molecule has 1 rings (SSSR count). The van der Waals surface area contributed by atoms with E-state index in [4.69, 9.17) is 4.42 Å². The van der Waals surface area contributed by atoms with E-state index in [1.165, 1.54) is 5.56 Å². The van der Waals surface area contributed by atoms with Crippen molar-refractivity contribution in [1.29, 1.82) is 0 Å². The third-order valence-electron chi connectivity index (χ3n) is 4.23. The molecular weight excluding hydrogens is 224 g/mol. The summed E-state index contributed by atoms with van der Waals surface area (Å²) >= 11 is 0. The van der Waals surface area contributed by atoms with Crippen LogP contribution in [-0.2, 0) is 6.42 Å². The molecule has 1 atom stereocenters. The van der Waals surface area contributed by atoms with Crippen molar-refractivity contribution in [2.75, 3.05) is 20.6 Å². The van der Waals surface area contributed by atoms with E-state index in [1.807, 2.05) is 6.26 Å². The number of furan rings is 1. The van der Waals surface area contributed by atoms with Gasteiger partial charge in [0.15, 0.2) is 0 Å². The van der Waals surface area contributed by atoms with Gasteiger partial charge in [0.25, 0.3) is 0 Å². The van der Waals surface area contributed by atoms with Crippen molar-refractivity contribution in [3.63, 3.8) is 0 Å². The fraction of sp³-hybridized carbons (Fsp3) is 0.733. The minimum atomic E-state index is 0.202. The topological polar surface area (TPSA) is 28.4 Å². The molecule has 1 heterocycles. The Labute approximate surface area is 112 Å². The summed E-state index contributed by atoms with van der Waals surface area (Å²) in [6.07, 6.45) is 6.92. The van der Waals surface area contributed by atoms with Crippen molar-refractivity contribution in [3.8, 4) is 0 Å². The van der Waals surface area contributed by atoms with Crippen LogP contribution in [0.2, 0.25) is 0 Å². The van der Waals surface area contributed by atoms with Crippen LogP contribution < -0.4 is 5.32 Å².